The Morgan fingerprint density at radius 3 is 2.41 bits per heavy atom. The molecule has 1 unspecified atom stereocenters. The first-order valence-electron chi connectivity index (χ1n) is 6.80. The van der Waals surface area contributed by atoms with Gasteiger partial charge in [0.1, 0.15) is 5.78 Å². The van der Waals surface area contributed by atoms with E-state index in [1.807, 2.05) is 0 Å². The van der Waals surface area contributed by atoms with Crippen LogP contribution >= 0.6 is 0 Å². The van der Waals surface area contributed by atoms with E-state index >= 15 is 0 Å². The van der Waals surface area contributed by atoms with Crippen molar-refractivity contribution in [3.63, 3.8) is 0 Å². The van der Waals surface area contributed by atoms with Gasteiger partial charge < -0.3 is 0 Å². The van der Waals surface area contributed by atoms with Gasteiger partial charge in [0.25, 0.3) is 0 Å². The third-order valence-corrected chi connectivity index (χ3v) is 3.84. The van der Waals surface area contributed by atoms with Gasteiger partial charge in [-0.05, 0) is 29.9 Å². The predicted molar refractivity (Wildman–Crippen MR) is 71.0 cm³/mol. The largest absolute Gasteiger partial charge is 0.299 e. The quantitative estimate of drug-likeness (QED) is 0.752. The highest BCUT2D eigenvalue weighted by Gasteiger charge is 2.27. The van der Waals surface area contributed by atoms with Crippen molar-refractivity contribution in [2.45, 2.75) is 46.0 Å². The second kappa shape index (κ2) is 5.48. The van der Waals surface area contributed by atoms with Gasteiger partial charge >= 0.3 is 0 Å². The summed E-state index contributed by atoms with van der Waals surface area (Å²) in [5, 5.41) is 0. The van der Waals surface area contributed by atoms with Gasteiger partial charge in [-0.3, -0.25) is 4.79 Å². The highest BCUT2D eigenvalue weighted by molar-refractivity contribution is 5.82. The molecule has 0 aliphatic heterocycles. The maximum Gasteiger partial charge on any atom is 0.136 e. The molecular weight excluding hydrogens is 208 g/mol. The Balaban J connectivity index is 1.92. The maximum absolute atomic E-state index is 12.2. The molecule has 1 aromatic carbocycles. The third-order valence-electron chi connectivity index (χ3n) is 3.84. The molecule has 0 saturated carbocycles. The number of hydrogen-bond acceptors (Lipinski definition) is 1. The van der Waals surface area contributed by atoms with E-state index in [4.69, 9.17) is 0 Å². The van der Waals surface area contributed by atoms with Gasteiger partial charge in [-0.2, -0.15) is 0 Å². The highest BCUT2D eigenvalue weighted by atomic mass is 16.1. The fourth-order valence-corrected chi connectivity index (χ4v) is 2.89. The van der Waals surface area contributed by atoms with Crippen molar-refractivity contribution in [2.24, 2.45) is 11.8 Å². The third kappa shape index (κ3) is 2.96. The fraction of sp³-hybridized carbons (Fsp3) is 0.562. The summed E-state index contributed by atoms with van der Waals surface area (Å²) < 4.78 is 0. The van der Waals surface area contributed by atoms with Crippen molar-refractivity contribution in [1.82, 2.24) is 0 Å². The minimum Gasteiger partial charge on any atom is -0.299 e. The molecule has 1 aromatic rings. The molecule has 0 amide bonds. The summed E-state index contributed by atoms with van der Waals surface area (Å²) in [6, 6.07) is 8.48. The molecule has 0 spiro atoms. The molecule has 17 heavy (non-hydrogen) atoms. The SMILES string of the molecule is CCCC(C)CC(=O)C1Cc2ccccc2C1. The van der Waals surface area contributed by atoms with Crippen LogP contribution in [0.1, 0.15) is 44.2 Å². The summed E-state index contributed by atoms with van der Waals surface area (Å²) >= 11 is 0. The number of fused-ring (bicyclic) bond motifs is 1. The molecule has 1 aliphatic rings. The van der Waals surface area contributed by atoms with Gasteiger partial charge in [-0.1, -0.05) is 51.0 Å². The first-order chi connectivity index (χ1) is 8.20. The molecule has 0 saturated heterocycles. The number of carbonyl (C=O) groups excluding carboxylic acids is 1. The van der Waals surface area contributed by atoms with Gasteiger partial charge in [0.2, 0.25) is 0 Å². The van der Waals surface area contributed by atoms with Crippen LogP contribution in [0, 0.1) is 11.8 Å². The van der Waals surface area contributed by atoms with E-state index in [1.54, 1.807) is 0 Å². The van der Waals surface area contributed by atoms with Crippen LogP contribution in [0.5, 0.6) is 0 Å². The van der Waals surface area contributed by atoms with Crippen LogP contribution in [0.4, 0.5) is 0 Å². The fourth-order valence-electron chi connectivity index (χ4n) is 2.89. The molecule has 2 rings (SSSR count). The molecule has 0 N–H and O–H groups in total. The first kappa shape index (κ1) is 12.3. The molecule has 1 nitrogen and oxygen atoms in total. The van der Waals surface area contributed by atoms with Gasteiger partial charge in [-0.15, -0.1) is 0 Å². The van der Waals surface area contributed by atoms with E-state index in [1.165, 1.54) is 24.0 Å². The molecule has 1 heteroatoms. The Bertz CT molecular complexity index is 369. The lowest BCUT2D eigenvalue weighted by Crippen LogP contribution is -2.17. The van der Waals surface area contributed by atoms with Crippen LogP contribution in [-0.4, -0.2) is 5.78 Å². The minimum atomic E-state index is 0.256. The Morgan fingerprint density at radius 2 is 1.88 bits per heavy atom. The molecule has 92 valence electrons. The summed E-state index contributed by atoms with van der Waals surface area (Å²) in [7, 11) is 0. The second-order valence-electron chi connectivity index (χ2n) is 5.44. The Hall–Kier alpha value is -1.11. The van der Waals surface area contributed by atoms with Crippen molar-refractivity contribution in [3.8, 4) is 0 Å². The molecule has 1 atom stereocenters. The van der Waals surface area contributed by atoms with E-state index in [2.05, 4.69) is 38.1 Å². The van der Waals surface area contributed by atoms with Crippen LogP contribution in [0.25, 0.3) is 0 Å². The number of hydrogen-bond donors (Lipinski definition) is 0. The smallest absolute Gasteiger partial charge is 0.136 e. The average molecular weight is 230 g/mol. The summed E-state index contributed by atoms with van der Waals surface area (Å²) in [6.45, 7) is 4.38. The van der Waals surface area contributed by atoms with Crippen LogP contribution in [0.2, 0.25) is 0 Å². The standard InChI is InChI=1S/C16H22O/c1-3-6-12(2)9-16(17)15-10-13-7-4-5-8-14(13)11-15/h4-5,7-8,12,15H,3,6,9-11H2,1-2H3. The molecule has 0 bridgehead atoms. The van der Waals surface area contributed by atoms with Crippen molar-refractivity contribution < 1.29 is 4.79 Å². The predicted octanol–water partition coefficient (Wildman–Crippen LogP) is 3.80. The van der Waals surface area contributed by atoms with E-state index < -0.39 is 0 Å². The molecular formula is C16H22O. The molecule has 0 aromatic heterocycles. The second-order valence-corrected chi connectivity index (χ2v) is 5.44. The number of benzene rings is 1. The normalized spacial score (nSPS) is 16.8. The summed E-state index contributed by atoms with van der Waals surface area (Å²) in [5.41, 5.74) is 2.77. The van der Waals surface area contributed by atoms with E-state index in [9.17, 15) is 4.79 Å². The topological polar surface area (TPSA) is 17.1 Å². The molecule has 0 fully saturated rings. The summed E-state index contributed by atoms with van der Waals surface area (Å²) in [5.74, 6) is 1.28. The number of rotatable bonds is 5. The van der Waals surface area contributed by atoms with E-state index in [-0.39, 0.29) is 5.92 Å². The van der Waals surface area contributed by atoms with Gasteiger partial charge in [0.15, 0.2) is 0 Å². The Labute approximate surface area is 104 Å². The van der Waals surface area contributed by atoms with E-state index in [0.717, 1.165) is 19.3 Å². The molecule has 0 radical (unpaired) electrons. The van der Waals surface area contributed by atoms with Gasteiger partial charge in [0.05, 0.1) is 0 Å². The zero-order chi connectivity index (χ0) is 12.3. The van der Waals surface area contributed by atoms with Crippen molar-refractivity contribution in [3.05, 3.63) is 35.4 Å². The average Bonchev–Trinajstić information content (AvgIpc) is 2.72. The zero-order valence-electron chi connectivity index (χ0n) is 10.9. The van der Waals surface area contributed by atoms with Crippen molar-refractivity contribution >= 4 is 5.78 Å². The lowest BCUT2D eigenvalue weighted by atomic mass is 9.91. The Morgan fingerprint density at radius 1 is 1.29 bits per heavy atom. The number of carbonyl (C=O) groups is 1. The van der Waals surface area contributed by atoms with Crippen LogP contribution in [-0.2, 0) is 17.6 Å². The van der Waals surface area contributed by atoms with Gasteiger partial charge in [-0.25, -0.2) is 0 Å². The van der Waals surface area contributed by atoms with Crippen LogP contribution in [0.15, 0.2) is 24.3 Å². The number of ketones is 1. The lowest BCUT2D eigenvalue weighted by molar-refractivity contribution is -0.123. The van der Waals surface area contributed by atoms with Crippen molar-refractivity contribution in [1.29, 1.82) is 0 Å². The molecule has 1 aliphatic carbocycles. The van der Waals surface area contributed by atoms with Crippen LogP contribution in [0.3, 0.4) is 0 Å². The van der Waals surface area contributed by atoms with Crippen molar-refractivity contribution in [2.75, 3.05) is 0 Å². The summed E-state index contributed by atoms with van der Waals surface area (Å²) in [4.78, 5) is 12.2. The lowest BCUT2D eigenvalue weighted by Gasteiger charge is -2.12. The maximum atomic E-state index is 12.2. The minimum absolute atomic E-state index is 0.256. The zero-order valence-corrected chi connectivity index (χ0v) is 10.9. The van der Waals surface area contributed by atoms with Crippen LogP contribution < -0.4 is 0 Å². The Kier molecular flexibility index (Phi) is 3.98. The van der Waals surface area contributed by atoms with E-state index in [0.29, 0.717) is 11.7 Å². The monoisotopic (exact) mass is 230 g/mol. The highest BCUT2D eigenvalue weighted by Crippen LogP contribution is 2.28. The first-order valence-corrected chi connectivity index (χ1v) is 6.80. The number of Topliss-reactive ketones (excluding diaryl/α,β-unsaturated/α-hetero) is 1. The summed E-state index contributed by atoms with van der Waals surface area (Å²) in [6.07, 6.45) is 5.05. The van der Waals surface area contributed by atoms with Gasteiger partial charge in [0, 0.05) is 12.3 Å². The molecule has 0 heterocycles.